The lowest BCUT2D eigenvalue weighted by Gasteiger charge is -2.36. The summed E-state index contributed by atoms with van der Waals surface area (Å²) < 4.78 is 6.79. The molecule has 3 rings (SSSR count). The zero-order valence-electron chi connectivity index (χ0n) is 9.39. The van der Waals surface area contributed by atoms with Gasteiger partial charge in [-0.15, -0.1) is 0 Å². The van der Waals surface area contributed by atoms with E-state index in [2.05, 4.69) is 20.9 Å². The molecule has 1 saturated heterocycles. The van der Waals surface area contributed by atoms with Crippen molar-refractivity contribution >= 4 is 32.9 Å². The van der Waals surface area contributed by atoms with Gasteiger partial charge in [0.1, 0.15) is 11.9 Å². The second-order valence-electron chi connectivity index (χ2n) is 4.24. The molecule has 0 radical (unpaired) electrons. The summed E-state index contributed by atoms with van der Waals surface area (Å²) in [5.74, 6) is 0.782. The molecule has 0 saturated carbocycles. The summed E-state index contributed by atoms with van der Waals surface area (Å²) in [5.41, 5.74) is 0.988. The zero-order valence-corrected chi connectivity index (χ0v) is 11.0. The average molecular weight is 311 g/mol. The Balaban J connectivity index is 1.78. The van der Waals surface area contributed by atoms with Gasteiger partial charge in [-0.3, -0.25) is 0 Å². The number of aromatic nitrogens is 1. The highest BCUT2D eigenvalue weighted by molar-refractivity contribution is 9.10. The van der Waals surface area contributed by atoms with E-state index in [9.17, 15) is 4.79 Å². The Labute approximate surface area is 111 Å². The number of halogens is 1. The number of likely N-dealkylation sites (tertiary alicyclic amines) is 1. The highest BCUT2D eigenvalue weighted by Crippen LogP contribution is 2.32. The Morgan fingerprint density at radius 1 is 1.44 bits per heavy atom. The number of fused-ring (bicyclic) bond motifs is 1. The maximum absolute atomic E-state index is 10.7. The average Bonchev–Trinajstić information content (AvgIpc) is 2.74. The fourth-order valence-electron chi connectivity index (χ4n) is 2.05. The summed E-state index contributed by atoms with van der Waals surface area (Å²) in [5, 5.41) is 9.75. The fraction of sp³-hybridized carbons (Fsp3) is 0.250. The summed E-state index contributed by atoms with van der Waals surface area (Å²) in [7, 11) is 0. The maximum Gasteiger partial charge on any atom is 0.407 e. The molecule has 2 aromatic rings. The summed E-state index contributed by atoms with van der Waals surface area (Å²) in [6.45, 7) is 0.856. The molecule has 0 unspecified atom stereocenters. The van der Waals surface area contributed by atoms with Gasteiger partial charge >= 0.3 is 6.09 Å². The van der Waals surface area contributed by atoms with E-state index in [1.54, 1.807) is 0 Å². The molecule has 6 heteroatoms. The van der Waals surface area contributed by atoms with Crippen LogP contribution >= 0.6 is 15.9 Å². The molecular formula is C12H11BrN2O3. The number of hydrogen-bond acceptors (Lipinski definition) is 2. The number of aromatic amines is 1. The molecule has 2 N–H and O–H groups in total. The highest BCUT2D eigenvalue weighted by atomic mass is 79.9. The molecule has 2 heterocycles. The molecule has 1 aliphatic heterocycles. The molecule has 1 fully saturated rings. The largest absolute Gasteiger partial charge is 0.486 e. The summed E-state index contributed by atoms with van der Waals surface area (Å²) in [4.78, 5) is 15.1. The van der Waals surface area contributed by atoms with Crippen LogP contribution in [0, 0.1) is 0 Å². The molecule has 1 aromatic heterocycles. The number of nitrogens with zero attached hydrogens (tertiary/aromatic N) is 1. The van der Waals surface area contributed by atoms with E-state index in [1.807, 2.05) is 24.4 Å². The number of rotatable bonds is 2. The minimum atomic E-state index is -0.891. The molecule has 1 aromatic carbocycles. The van der Waals surface area contributed by atoms with Crippen molar-refractivity contribution < 1.29 is 14.6 Å². The number of H-pyrrole nitrogens is 1. The van der Waals surface area contributed by atoms with Gasteiger partial charge in [-0.2, -0.15) is 0 Å². The van der Waals surface area contributed by atoms with E-state index in [1.165, 1.54) is 4.90 Å². The fourth-order valence-corrected chi connectivity index (χ4v) is 2.51. The number of hydrogen-bond donors (Lipinski definition) is 2. The van der Waals surface area contributed by atoms with Crippen molar-refractivity contribution in [2.45, 2.75) is 6.10 Å². The smallest absolute Gasteiger partial charge is 0.407 e. The van der Waals surface area contributed by atoms with Crippen LogP contribution in [0.3, 0.4) is 0 Å². The van der Waals surface area contributed by atoms with E-state index < -0.39 is 6.09 Å². The van der Waals surface area contributed by atoms with E-state index in [0.717, 1.165) is 21.1 Å². The van der Waals surface area contributed by atoms with Crippen molar-refractivity contribution in [3.8, 4) is 5.75 Å². The Hall–Kier alpha value is -1.69. The van der Waals surface area contributed by atoms with E-state index >= 15 is 0 Å². The molecule has 1 amide bonds. The third kappa shape index (κ3) is 1.82. The highest BCUT2D eigenvalue weighted by Gasteiger charge is 2.32. The topological polar surface area (TPSA) is 65.6 Å². The second-order valence-corrected chi connectivity index (χ2v) is 5.09. The Bertz CT molecular complexity index is 604. The molecular weight excluding hydrogens is 300 g/mol. The lowest BCUT2D eigenvalue weighted by molar-refractivity contribution is 0.0260. The minimum absolute atomic E-state index is 0.0552. The number of benzene rings is 1. The van der Waals surface area contributed by atoms with Crippen molar-refractivity contribution in [3.05, 3.63) is 28.9 Å². The monoisotopic (exact) mass is 310 g/mol. The quantitative estimate of drug-likeness (QED) is 0.896. The molecule has 0 bridgehead atoms. The van der Waals surface area contributed by atoms with Crippen molar-refractivity contribution in [2.75, 3.05) is 13.1 Å². The summed E-state index contributed by atoms with van der Waals surface area (Å²) in [6.07, 6.45) is 0.907. The third-order valence-corrected chi connectivity index (χ3v) is 3.71. The van der Waals surface area contributed by atoms with Crippen LogP contribution in [0.1, 0.15) is 0 Å². The molecule has 18 heavy (non-hydrogen) atoms. The Morgan fingerprint density at radius 2 is 2.22 bits per heavy atom. The molecule has 0 atom stereocenters. The third-order valence-electron chi connectivity index (χ3n) is 3.04. The van der Waals surface area contributed by atoms with Crippen LogP contribution in [-0.2, 0) is 0 Å². The molecule has 0 aliphatic carbocycles. The molecule has 0 spiro atoms. The Morgan fingerprint density at radius 3 is 2.94 bits per heavy atom. The van der Waals surface area contributed by atoms with E-state index in [0.29, 0.717) is 13.1 Å². The van der Waals surface area contributed by atoms with Crippen LogP contribution in [-0.4, -0.2) is 40.3 Å². The van der Waals surface area contributed by atoms with Crippen LogP contribution in [0.2, 0.25) is 0 Å². The molecule has 5 nitrogen and oxygen atoms in total. The minimum Gasteiger partial charge on any atom is -0.486 e. The number of amides is 1. The van der Waals surface area contributed by atoms with Crippen molar-refractivity contribution in [3.63, 3.8) is 0 Å². The van der Waals surface area contributed by atoms with Gasteiger partial charge in [-0.05, 0) is 34.1 Å². The molecule has 1 aliphatic rings. The van der Waals surface area contributed by atoms with Gasteiger partial charge in [0.2, 0.25) is 0 Å². The van der Waals surface area contributed by atoms with Crippen molar-refractivity contribution in [1.29, 1.82) is 0 Å². The predicted octanol–water partition coefficient (Wildman–Crippen LogP) is 2.67. The second kappa shape index (κ2) is 4.20. The maximum atomic E-state index is 10.7. The SMILES string of the molecule is O=C(O)N1CC(Oc2ccc(Br)c3[nH]ccc23)C1. The summed E-state index contributed by atoms with van der Waals surface area (Å²) in [6, 6.07) is 5.76. The first-order chi connectivity index (χ1) is 8.65. The Kier molecular flexibility index (Phi) is 2.66. The zero-order chi connectivity index (χ0) is 12.7. The van der Waals surface area contributed by atoms with E-state index in [-0.39, 0.29) is 6.10 Å². The lowest BCUT2D eigenvalue weighted by Crippen LogP contribution is -2.55. The number of carboxylic acid groups (broad SMARTS) is 1. The van der Waals surface area contributed by atoms with Crippen LogP contribution in [0.25, 0.3) is 10.9 Å². The van der Waals surface area contributed by atoms with Gasteiger partial charge in [-0.1, -0.05) is 0 Å². The van der Waals surface area contributed by atoms with Crippen molar-refractivity contribution in [1.82, 2.24) is 9.88 Å². The van der Waals surface area contributed by atoms with Gasteiger partial charge in [0, 0.05) is 16.1 Å². The van der Waals surface area contributed by atoms with Crippen molar-refractivity contribution in [2.24, 2.45) is 0 Å². The first kappa shape index (κ1) is 11.4. The van der Waals surface area contributed by atoms with Gasteiger partial charge < -0.3 is 19.7 Å². The van der Waals surface area contributed by atoms with Gasteiger partial charge in [0.15, 0.2) is 0 Å². The first-order valence-corrected chi connectivity index (χ1v) is 6.34. The lowest BCUT2D eigenvalue weighted by atomic mass is 10.1. The van der Waals surface area contributed by atoms with E-state index in [4.69, 9.17) is 9.84 Å². The first-order valence-electron chi connectivity index (χ1n) is 5.55. The summed E-state index contributed by atoms with van der Waals surface area (Å²) >= 11 is 3.46. The van der Waals surface area contributed by atoms with Crippen LogP contribution < -0.4 is 4.74 Å². The van der Waals surface area contributed by atoms with Crippen LogP contribution in [0.15, 0.2) is 28.9 Å². The van der Waals surface area contributed by atoms with Gasteiger partial charge in [0.05, 0.1) is 18.6 Å². The standard InChI is InChI=1S/C12H11BrN2O3/c13-9-1-2-10(8-3-4-14-11(8)9)18-7-5-15(6-7)12(16)17/h1-4,7,14H,5-6H2,(H,16,17). The van der Waals surface area contributed by atoms with Gasteiger partial charge in [0.25, 0.3) is 0 Å². The number of nitrogens with one attached hydrogen (secondary N) is 1. The number of ether oxygens (including phenoxy) is 1. The number of carbonyl (C=O) groups is 1. The normalized spacial score (nSPS) is 15.7. The van der Waals surface area contributed by atoms with Gasteiger partial charge in [-0.25, -0.2) is 4.79 Å². The molecule has 94 valence electrons. The van der Waals surface area contributed by atoms with Crippen LogP contribution in [0.5, 0.6) is 5.75 Å². The predicted molar refractivity (Wildman–Crippen MR) is 70.0 cm³/mol. The van der Waals surface area contributed by atoms with Crippen LogP contribution in [0.4, 0.5) is 4.79 Å².